The van der Waals surface area contributed by atoms with Gasteiger partial charge in [-0.3, -0.25) is 9.59 Å². The zero-order valence-corrected chi connectivity index (χ0v) is 19.8. The van der Waals surface area contributed by atoms with E-state index in [-0.39, 0.29) is 28.3 Å². The molecule has 1 aromatic rings. The Balaban J connectivity index is 2.01. The highest BCUT2D eigenvalue weighted by atomic mass is 16.5. The maximum Gasteiger partial charge on any atom is 0.162 e. The van der Waals surface area contributed by atoms with E-state index >= 15 is 0 Å². The number of carbonyl (C=O) groups is 2. The number of allylic oxidation sites excluding steroid dienone is 4. The predicted octanol–water partition coefficient (Wildman–Crippen LogP) is 5.79. The van der Waals surface area contributed by atoms with Crippen LogP contribution >= 0.6 is 0 Å². The van der Waals surface area contributed by atoms with Crippen molar-refractivity contribution < 1.29 is 14.3 Å². The number of carbonyl (C=O) groups excluding carboxylic acids is 2. The summed E-state index contributed by atoms with van der Waals surface area (Å²) in [4.78, 5) is 29.5. The molecule has 0 fully saturated rings. The highest BCUT2D eigenvalue weighted by Crippen LogP contribution is 2.55. The molecule has 0 saturated carbocycles. The predicted molar refractivity (Wildman–Crippen MR) is 123 cm³/mol. The first-order chi connectivity index (χ1) is 14.6. The molecule has 4 nitrogen and oxygen atoms in total. The maximum absolute atomic E-state index is 13.6. The molecule has 0 saturated heterocycles. The number of nitrogens with zero attached hydrogens (tertiary/aromatic N) is 1. The van der Waals surface area contributed by atoms with E-state index < -0.39 is 0 Å². The summed E-state index contributed by atoms with van der Waals surface area (Å²) in [5.74, 6) is 0.784. The van der Waals surface area contributed by atoms with E-state index in [4.69, 9.17) is 4.74 Å². The quantitative estimate of drug-likeness (QED) is 0.617. The molecule has 0 atom stereocenters. The Labute approximate surface area is 186 Å². The van der Waals surface area contributed by atoms with Gasteiger partial charge in [0.25, 0.3) is 0 Å². The zero-order valence-electron chi connectivity index (χ0n) is 19.8. The van der Waals surface area contributed by atoms with Crippen molar-refractivity contribution in [2.45, 2.75) is 73.1 Å². The van der Waals surface area contributed by atoms with Gasteiger partial charge in [-0.2, -0.15) is 0 Å². The molecule has 2 aliphatic carbocycles. The Bertz CT molecular complexity index is 941. The zero-order chi connectivity index (χ0) is 22.6. The van der Waals surface area contributed by atoms with Crippen molar-refractivity contribution in [3.8, 4) is 5.75 Å². The fraction of sp³-hybridized carbons (Fsp3) is 0.556. The van der Waals surface area contributed by atoms with Gasteiger partial charge in [-0.25, -0.2) is 0 Å². The monoisotopic (exact) mass is 421 g/mol. The second kappa shape index (κ2) is 7.65. The average molecular weight is 422 g/mol. The molecule has 166 valence electrons. The number of benzene rings is 1. The average Bonchev–Trinajstić information content (AvgIpc) is 2.65. The maximum atomic E-state index is 13.6. The molecule has 3 aliphatic rings. The lowest BCUT2D eigenvalue weighted by atomic mass is 9.63. The summed E-state index contributed by atoms with van der Waals surface area (Å²) in [7, 11) is 0. The van der Waals surface area contributed by atoms with Crippen LogP contribution in [0.5, 0.6) is 5.75 Å². The molecule has 0 N–H and O–H groups in total. The molecule has 1 aromatic carbocycles. The largest absolute Gasteiger partial charge is 0.494 e. The second-order valence-electron chi connectivity index (χ2n) is 10.8. The van der Waals surface area contributed by atoms with Gasteiger partial charge in [0.15, 0.2) is 11.6 Å². The fourth-order valence-electron chi connectivity index (χ4n) is 5.75. The Morgan fingerprint density at radius 3 is 1.87 bits per heavy atom. The van der Waals surface area contributed by atoms with Crippen LogP contribution in [0, 0.1) is 10.8 Å². The van der Waals surface area contributed by atoms with Crippen LogP contribution in [0.15, 0.2) is 46.8 Å². The summed E-state index contributed by atoms with van der Waals surface area (Å²) >= 11 is 0. The van der Waals surface area contributed by atoms with Crippen molar-refractivity contribution in [2.24, 2.45) is 10.8 Å². The lowest BCUT2D eigenvalue weighted by Crippen LogP contribution is -2.44. The number of hydrogen-bond acceptors (Lipinski definition) is 4. The van der Waals surface area contributed by atoms with Gasteiger partial charge in [0.2, 0.25) is 0 Å². The van der Waals surface area contributed by atoms with E-state index in [1.807, 2.05) is 31.2 Å². The molecule has 0 radical (unpaired) electrons. The topological polar surface area (TPSA) is 46.6 Å². The summed E-state index contributed by atoms with van der Waals surface area (Å²) in [6, 6.07) is 7.93. The summed E-state index contributed by atoms with van der Waals surface area (Å²) in [5.41, 5.74) is 4.65. The minimum Gasteiger partial charge on any atom is -0.494 e. The smallest absolute Gasteiger partial charge is 0.162 e. The number of hydrogen-bond donors (Lipinski definition) is 0. The van der Waals surface area contributed by atoms with Crippen molar-refractivity contribution in [1.82, 2.24) is 4.90 Å². The highest BCUT2D eigenvalue weighted by Gasteiger charge is 2.49. The van der Waals surface area contributed by atoms with Crippen LogP contribution in [0.2, 0.25) is 0 Å². The summed E-state index contributed by atoms with van der Waals surface area (Å²) < 4.78 is 5.97. The highest BCUT2D eigenvalue weighted by molar-refractivity contribution is 6.07. The van der Waals surface area contributed by atoms with Crippen molar-refractivity contribution in [1.29, 1.82) is 0 Å². The molecule has 4 heteroatoms. The van der Waals surface area contributed by atoms with Gasteiger partial charge >= 0.3 is 0 Å². The Morgan fingerprint density at radius 2 is 1.39 bits per heavy atom. The molecule has 0 amide bonds. The van der Waals surface area contributed by atoms with Gasteiger partial charge in [0.1, 0.15) is 5.75 Å². The van der Waals surface area contributed by atoms with Crippen molar-refractivity contribution in [3.63, 3.8) is 0 Å². The molecule has 0 spiro atoms. The van der Waals surface area contributed by atoms with Gasteiger partial charge in [-0.1, -0.05) is 45.9 Å². The van der Waals surface area contributed by atoms with E-state index in [2.05, 4.69) is 39.5 Å². The molecular formula is C27H35NO3. The van der Waals surface area contributed by atoms with Crippen LogP contribution in [-0.4, -0.2) is 29.6 Å². The number of ether oxygens (including phenoxy) is 1. The van der Waals surface area contributed by atoms with Gasteiger partial charge in [0, 0.05) is 53.4 Å². The summed E-state index contributed by atoms with van der Waals surface area (Å²) in [6.45, 7) is 14.1. The normalized spacial score (nSPS) is 23.1. The van der Waals surface area contributed by atoms with Crippen LogP contribution < -0.4 is 4.74 Å². The first-order valence-corrected chi connectivity index (χ1v) is 11.6. The van der Waals surface area contributed by atoms with E-state index in [9.17, 15) is 9.59 Å². The number of para-hydroxylation sites is 1. The Hall–Kier alpha value is -2.36. The van der Waals surface area contributed by atoms with Crippen LogP contribution in [0.25, 0.3) is 0 Å². The standard InChI is InChI=1S/C27H35NO3/c1-7-28-18-13-26(3,4)15-20(29)24(18)23(17-11-9-10-12-22(17)31-8-2)25-19(28)14-27(5,6)16-21(25)30/h9-12,23H,7-8,13-16H2,1-6H3. The molecule has 0 bridgehead atoms. The number of Topliss-reactive ketones (excluding diaryl/α,β-unsaturated/α-hetero) is 2. The van der Waals surface area contributed by atoms with Crippen molar-refractivity contribution in [2.75, 3.05) is 13.2 Å². The first kappa shape index (κ1) is 21.9. The summed E-state index contributed by atoms with van der Waals surface area (Å²) in [5, 5.41) is 0. The van der Waals surface area contributed by atoms with Crippen LogP contribution in [0.4, 0.5) is 0 Å². The SMILES string of the molecule is CCOc1ccccc1C1C2=C(CC(C)(C)CC2=O)N(CC)C2=C1C(=O)CC(C)(C)C2. The van der Waals surface area contributed by atoms with E-state index in [0.29, 0.717) is 19.4 Å². The first-order valence-electron chi connectivity index (χ1n) is 11.6. The summed E-state index contributed by atoms with van der Waals surface area (Å²) in [6.07, 6.45) is 2.72. The number of rotatable bonds is 4. The Morgan fingerprint density at radius 1 is 0.871 bits per heavy atom. The third-order valence-electron chi connectivity index (χ3n) is 6.87. The minimum absolute atomic E-state index is 0.0838. The third-order valence-corrected chi connectivity index (χ3v) is 6.87. The lowest BCUT2D eigenvalue weighted by molar-refractivity contribution is -0.119. The second-order valence-corrected chi connectivity index (χ2v) is 10.8. The van der Waals surface area contributed by atoms with Crippen LogP contribution in [0.1, 0.15) is 78.7 Å². The van der Waals surface area contributed by atoms with Crippen LogP contribution in [-0.2, 0) is 9.59 Å². The van der Waals surface area contributed by atoms with E-state index in [1.54, 1.807) is 0 Å². The van der Waals surface area contributed by atoms with Gasteiger partial charge in [0.05, 0.1) is 6.61 Å². The fourth-order valence-corrected chi connectivity index (χ4v) is 5.75. The number of ketones is 2. The van der Waals surface area contributed by atoms with Gasteiger partial charge in [-0.05, 0) is 43.6 Å². The van der Waals surface area contributed by atoms with E-state index in [1.165, 1.54) is 0 Å². The lowest BCUT2D eigenvalue weighted by Gasteiger charge is -2.49. The van der Waals surface area contributed by atoms with Crippen molar-refractivity contribution >= 4 is 11.6 Å². The molecule has 1 heterocycles. The van der Waals surface area contributed by atoms with Gasteiger partial charge in [-0.15, -0.1) is 0 Å². The van der Waals surface area contributed by atoms with Gasteiger partial charge < -0.3 is 9.64 Å². The van der Waals surface area contributed by atoms with Crippen molar-refractivity contribution in [3.05, 3.63) is 52.4 Å². The molecule has 0 aromatic heterocycles. The molecule has 0 unspecified atom stereocenters. The molecule has 4 rings (SSSR count). The Kier molecular flexibility index (Phi) is 5.39. The third kappa shape index (κ3) is 3.75. The van der Waals surface area contributed by atoms with E-state index in [0.717, 1.165) is 53.2 Å². The van der Waals surface area contributed by atoms with Crippen LogP contribution in [0.3, 0.4) is 0 Å². The molecular weight excluding hydrogens is 386 g/mol. The molecule has 1 aliphatic heterocycles. The molecule has 31 heavy (non-hydrogen) atoms. The minimum atomic E-state index is -0.331.